The molecule has 0 amide bonds. The lowest BCUT2D eigenvalue weighted by atomic mass is 10.1. The molecular weight excluding hydrogens is 212 g/mol. The number of rotatable bonds is 5. The van der Waals surface area contributed by atoms with Gasteiger partial charge >= 0.3 is 0 Å². The summed E-state index contributed by atoms with van der Waals surface area (Å²) in [5, 5.41) is 18.8. The van der Waals surface area contributed by atoms with Gasteiger partial charge in [-0.1, -0.05) is 12.1 Å². The summed E-state index contributed by atoms with van der Waals surface area (Å²) in [5.41, 5.74) is 1.51. The van der Waals surface area contributed by atoms with Crippen LogP contribution in [0.4, 0.5) is 0 Å². The van der Waals surface area contributed by atoms with Crippen LogP contribution in [-0.4, -0.2) is 30.1 Å². The first-order chi connectivity index (χ1) is 8.19. The lowest BCUT2D eigenvalue weighted by molar-refractivity contribution is 0.124. The number of nitriles is 1. The van der Waals surface area contributed by atoms with Gasteiger partial charge in [-0.05, 0) is 43.5 Å². The van der Waals surface area contributed by atoms with E-state index in [0.29, 0.717) is 12.1 Å². The SMILES string of the molecule is CN(CC1CC1)CC(O)c1ccc(C#N)cc1. The molecule has 0 aromatic heterocycles. The summed E-state index contributed by atoms with van der Waals surface area (Å²) in [6, 6.07) is 9.23. The van der Waals surface area contributed by atoms with Crippen molar-refractivity contribution in [1.29, 1.82) is 5.26 Å². The lowest BCUT2D eigenvalue weighted by Gasteiger charge is -2.20. The molecule has 3 heteroatoms. The molecule has 1 aliphatic rings. The smallest absolute Gasteiger partial charge is 0.0991 e. The van der Waals surface area contributed by atoms with Gasteiger partial charge in [-0.15, -0.1) is 0 Å². The van der Waals surface area contributed by atoms with Crippen LogP contribution in [0.5, 0.6) is 0 Å². The molecule has 0 saturated heterocycles. The van der Waals surface area contributed by atoms with Gasteiger partial charge in [-0.2, -0.15) is 5.26 Å². The van der Waals surface area contributed by atoms with Crippen molar-refractivity contribution in [2.24, 2.45) is 5.92 Å². The Morgan fingerprint density at radius 2 is 2.06 bits per heavy atom. The Balaban J connectivity index is 1.88. The first-order valence-electron chi connectivity index (χ1n) is 6.05. The molecule has 1 fully saturated rings. The molecule has 1 N–H and O–H groups in total. The van der Waals surface area contributed by atoms with Crippen LogP contribution in [0.25, 0.3) is 0 Å². The van der Waals surface area contributed by atoms with Crippen LogP contribution < -0.4 is 0 Å². The maximum atomic E-state index is 10.1. The number of hydrogen-bond donors (Lipinski definition) is 1. The summed E-state index contributed by atoms with van der Waals surface area (Å²) in [4.78, 5) is 2.18. The fourth-order valence-electron chi connectivity index (χ4n) is 2.00. The zero-order valence-electron chi connectivity index (χ0n) is 10.1. The van der Waals surface area contributed by atoms with Gasteiger partial charge in [-0.25, -0.2) is 0 Å². The number of nitrogens with zero attached hydrogens (tertiary/aromatic N) is 2. The summed E-state index contributed by atoms with van der Waals surface area (Å²) in [6.45, 7) is 1.73. The van der Waals surface area contributed by atoms with Gasteiger partial charge in [0.05, 0.1) is 17.7 Å². The minimum Gasteiger partial charge on any atom is -0.387 e. The summed E-state index contributed by atoms with van der Waals surface area (Å²) in [6.07, 6.45) is 2.20. The van der Waals surface area contributed by atoms with Crippen molar-refractivity contribution >= 4 is 0 Å². The molecule has 1 atom stereocenters. The van der Waals surface area contributed by atoms with Crippen molar-refractivity contribution in [2.45, 2.75) is 18.9 Å². The van der Waals surface area contributed by atoms with Crippen molar-refractivity contribution < 1.29 is 5.11 Å². The average Bonchev–Trinajstić information content (AvgIpc) is 3.12. The van der Waals surface area contributed by atoms with Crippen LogP contribution >= 0.6 is 0 Å². The minimum atomic E-state index is -0.466. The fourth-order valence-corrected chi connectivity index (χ4v) is 2.00. The first-order valence-corrected chi connectivity index (χ1v) is 6.05. The topological polar surface area (TPSA) is 47.3 Å². The maximum Gasteiger partial charge on any atom is 0.0991 e. The van der Waals surface area contributed by atoms with E-state index in [9.17, 15) is 5.11 Å². The Morgan fingerprint density at radius 3 is 2.59 bits per heavy atom. The van der Waals surface area contributed by atoms with Crippen LogP contribution in [0, 0.1) is 17.2 Å². The Hall–Kier alpha value is -1.37. The van der Waals surface area contributed by atoms with Crippen LogP contribution in [-0.2, 0) is 0 Å². The highest BCUT2D eigenvalue weighted by Crippen LogP contribution is 2.29. The zero-order valence-corrected chi connectivity index (χ0v) is 10.1. The average molecular weight is 230 g/mol. The van der Waals surface area contributed by atoms with E-state index in [2.05, 4.69) is 11.0 Å². The van der Waals surface area contributed by atoms with Gasteiger partial charge < -0.3 is 10.0 Å². The lowest BCUT2D eigenvalue weighted by Crippen LogP contribution is -2.26. The molecule has 90 valence electrons. The van der Waals surface area contributed by atoms with Gasteiger partial charge in [0, 0.05) is 13.1 Å². The van der Waals surface area contributed by atoms with Crippen LogP contribution in [0.15, 0.2) is 24.3 Å². The molecule has 1 saturated carbocycles. The molecule has 0 heterocycles. The molecule has 1 aliphatic carbocycles. The minimum absolute atomic E-state index is 0.466. The number of benzene rings is 1. The Kier molecular flexibility index (Phi) is 3.78. The zero-order chi connectivity index (χ0) is 12.3. The predicted octanol–water partition coefficient (Wildman–Crippen LogP) is 1.93. The molecule has 0 bridgehead atoms. The largest absolute Gasteiger partial charge is 0.387 e. The van der Waals surface area contributed by atoms with E-state index in [1.807, 2.05) is 19.2 Å². The Bertz CT molecular complexity index is 403. The third-order valence-electron chi connectivity index (χ3n) is 3.18. The summed E-state index contributed by atoms with van der Waals surface area (Å²) in [7, 11) is 2.05. The van der Waals surface area contributed by atoms with E-state index in [0.717, 1.165) is 18.0 Å². The molecule has 1 aromatic rings. The van der Waals surface area contributed by atoms with Gasteiger partial charge in [0.25, 0.3) is 0 Å². The first kappa shape index (κ1) is 12.1. The van der Waals surface area contributed by atoms with Gasteiger partial charge in [-0.3, -0.25) is 0 Å². The molecule has 2 rings (SSSR count). The van der Waals surface area contributed by atoms with Crippen molar-refractivity contribution in [3.8, 4) is 6.07 Å². The highest BCUT2D eigenvalue weighted by molar-refractivity contribution is 5.32. The maximum absolute atomic E-state index is 10.1. The summed E-state index contributed by atoms with van der Waals surface area (Å²) in [5.74, 6) is 0.841. The summed E-state index contributed by atoms with van der Waals surface area (Å²) < 4.78 is 0. The molecule has 0 spiro atoms. The van der Waals surface area contributed by atoms with Crippen LogP contribution in [0.3, 0.4) is 0 Å². The fraction of sp³-hybridized carbons (Fsp3) is 0.500. The number of hydrogen-bond acceptors (Lipinski definition) is 3. The number of aliphatic hydroxyl groups excluding tert-OH is 1. The van der Waals surface area contributed by atoms with Gasteiger partial charge in [0.1, 0.15) is 0 Å². The highest BCUT2D eigenvalue weighted by Gasteiger charge is 2.23. The third kappa shape index (κ3) is 3.55. The van der Waals surface area contributed by atoms with Crippen LogP contribution in [0.2, 0.25) is 0 Å². The highest BCUT2D eigenvalue weighted by atomic mass is 16.3. The third-order valence-corrected chi connectivity index (χ3v) is 3.18. The van der Waals surface area contributed by atoms with E-state index in [-0.39, 0.29) is 0 Å². The van der Waals surface area contributed by atoms with Crippen LogP contribution in [0.1, 0.15) is 30.1 Å². The predicted molar refractivity (Wildman–Crippen MR) is 66.3 cm³/mol. The van der Waals surface area contributed by atoms with Crippen molar-refractivity contribution in [2.75, 3.05) is 20.1 Å². The molecule has 0 radical (unpaired) electrons. The summed E-state index contributed by atoms with van der Waals surface area (Å²) >= 11 is 0. The van der Waals surface area contributed by atoms with Crippen molar-refractivity contribution in [3.63, 3.8) is 0 Å². The second kappa shape index (κ2) is 5.31. The molecule has 1 unspecified atom stereocenters. The van der Waals surface area contributed by atoms with Gasteiger partial charge in [0.2, 0.25) is 0 Å². The van der Waals surface area contributed by atoms with Crippen molar-refractivity contribution in [3.05, 3.63) is 35.4 Å². The quantitative estimate of drug-likeness (QED) is 0.840. The normalized spacial score (nSPS) is 16.8. The van der Waals surface area contributed by atoms with E-state index >= 15 is 0 Å². The molecule has 3 nitrogen and oxygen atoms in total. The molecule has 1 aromatic carbocycles. The van der Waals surface area contributed by atoms with E-state index in [1.165, 1.54) is 12.8 Å². The van der Waals surface area contributed by atoms with E-state index < -0.39 is 6.10 Å². The number of likely N-dealkylation sites (N-methyl/N-ethyl adjacent to an activating group) is 1. The molecular formula is C14H18N2O. The van der Waals surface area contributed by atoms with Crippen molar-refractivity contribution in [1.82, 2.24) is 4.90 Å². The number of aliphatic hydroxyl groups is 1. The molecule has 17 heavy (non-hydrogen) atoms. The van der Waals surface area contributed by atoms with E-state index in [4.69, 9.17) is 5.26 Å². The van der Waals surface area contributed by atoms with Gasteiger partial charge in [0.15, 0.2) is 0 Å². The monoisotopic (exact) mass is 230 g/mol. The Morgan fingerprint density at radius 1 is 1.41 bits per heavy atom. The standard InChI is InChI=1S/C14H18N2O/c1-16(9-12-2-3-12)10-14(17)13-6-4-11(8-15)5-7-13/h4-7,12,14,17H,2-3,9-10H2,1H3. The second-order valence-electron chi connectivity index (χ2n) is 4.91. The Labute approximate surface area is 102 Å². The van der Waals surface area contributed by atoms with E-state index in [1.54, 1.807) is 12.1 Å². The second-order valence-corrected chi connectivity index (χ2v) is 4.91. The molecule has 0 aliphatic heterocycles.